The van der Waals surface area contributed by atoms with E-state index in [1.807, 2.05) is 0 Å². The quantitative estimate of drug-likeness (QED) is 0.100. The van der Waals surface area contributed by atoms with Gasteiger partial charge in [-0.25, -0.2) is 19.9 Å². The van der Waals surface area contributed by atoms with Crippen molar-refractivity contribution in [3.8, 4) is 44.5 Å². The third-order valence-corrected chi connectivity index (χ3v) is 24.3. The topological polar surface area (TPSA) is 133 Å². The van der Waals surface area contributed by atoms with Gasteiger partial charge in [0.1, 0.15) is 0 Å². The summed E-state index contributed by atoms with van der Waals surface area (Å²) in [5.41, 5.74) is 36.3. The van der Waals surface area contributed by atoms with E-state index >= 15 is 0 Å². The highest BCUT2D eigenvalue weighted by Gasteiger charge is 2.53. The van der Waals surface area contributed by atoms with Crippen molar-refractivity contribution < 1.29 is 9.31 Å². The van der Waals surface area contributed by atoms with Crippen LogP contribution in [0.5, 0.6) is 0 Å². The van der Waals surface area contributed by atoms with Gasteiger partial charge in [-0.3, -0.25) is 0 Å². The number of aromatic nitrogens is 8. The first kappa shape index (κ1) is 71.1. The molecule has 4 N–H and O–H groups in total. The second kappa shape index (κ2) is 24.7. The van der Waals surface area contributed by atoms with Gasteiger partial charge in [0.05, 0.1) is 62.3 Å². The number of nitrogens with one attached hydrogen (secondary N) is 4. The predicted octanol–water partition coefficient (Wildman–Crippen LogP) is 24.9. The number of rotatable bonds is 5. The fourth-order valence-electron chi connectivity index (χ4n) is 16.0. The Hall–Kier alpha value is -10.2. The molecular weight excluding hydrogens is 1310 g/mol. The largest absolute Gasteiger partial charge is 0.499 e. The molecular formula is C96H101BN8O2. The molecule has 1 saturated heterocycles. The van der Waals surface area contributed by atoms with E-state index in [4.69, 9.17) is 29.2 Å². The van der Waals surface area contributed by atoms with Crippen molar-refractivity contribution in [2.45, 2.75) is 199 Å². The molecule has 1 fully saturated rings. The standard InChI is InChI=1S/C96H101BN8O2/c1-50-52(3)80-48-82-54(5)56(7)89(104-82)87(90-57(8)55(6)83(105-90)49-81-53(4)51(2)79(103-81)47-78(50)102-80)67-30-26-28-59-39-58-27-25-29-66(68(58)46-69(59)67)86-74-33-31-70(98-74)84(60-40-62(91(9,10)11)44-63(41-60)92(12,13)14)72-35-37-76(100-72)88(97-106-95(21,22)96(23,24)107-97)77-38-36-73(101-77)85(71-32-34-75(86)99-71)61-42-64(93(15,16)17)45-65(43-61)94(18,19)20/h25-49,98,101-102,105H,1-24H3. The van der Waals surface area contributed by atoms with E-state index in [9.17, 15) is 0 Å². The minimum Gasteiger partial charge on any atom is -0.399 e. The Morgan fingerprint density at radius 3 is 1.19 bits per heavy atom. The fraction of sp³-hybridized carbons (Fsp3) is 0.312. The second-order valence-corrected chi connectivity index (χ2v) is 36.0. The SMILES string of the molecule is CC1=C(C)c2cc3[nH]c(c(C)c3C)c(-c3cccc4cc5cccc(-c6c7nc(c(-c8cc(C(C)(C)C)cc(C(C)(C)C)c8)c8ccc([nH]8)c(B8OC(C)(C)C(C)(C)O8)c8nc(c(-c9cc(C(C)(C)C)cc(C(C)(C)C)c9)c9ccc6[nH]9)C=C8)C=C7)c5cc34)c3nc(cc4[nH]c(cc1n2)c(C)c4C)C(C)=C3C. The van der Waals surface area contributed by atoms with Gasteiger partial charge in [-0.1, -0.05) is 156 Å². The number of fused-ring (bicyclic) bond motifs is 18. The summed E-state index contributed by atoms with van der Waals surface area (Å²) in [5.74, 6) is 0. The first-order chi connectivity index (χ1) is 50.3. The molecule has 10 nitrogen and oxygen atoms in total. The molecule has 16 bridgehead atoms. The second-order valence-electron chi connectivity index (χ2n) is 36.0. The van der Waals surface area contributed by atoms with Crippen molar-refractivity contribution in [3.05, 3.63) is 217 Å². The van der Waals surface area contributed by atoms with Crippen LogP contribution in [0, 0.1) is 27.7 Å². The molecule has 0 radical (unpaired) electrons. The molecule has 0 aliphatic carbocycles. The number of nitrogens with zero attached hydrogens (tertiary/aromatic N) is 4. The maximum Gasteiger partial charge on any atom is 0.499 e. The summed E-state index contributed by atoms with van der Waals surface area (Å²) < 4.78 is 14.2. The van der Waals surface area contributed by atoms with Crippen LogP contribution in [-0.2, 0) is 31.0 Å². The van der Waals surface area contributed by atoms with Gasteiger partial charge in [0.2, 0.25) is 0 Å². The highest BCUT2D eigenvalue weighted by molar-refractivity contribution is 6.65. The maximum absolute atomic E-state index is 7.09. The van der Waals surface area contributed by atoms with Crippen molar-refractivity contribution in [1.29, 1.82) is 0 Å². The van der Waals surface area contributed by atoms with Gasteiger partial charge in [-0.2, -0.15) is 0 Å². The van der Waals surface area contributed by atoms with Gasteiger partial charge in [0.25, 0.3) is 0 Å². The highest BCUT2D eigenvalue weighted by atomic mass is 16.7. The summed E-state index contributed by atoms with van der Waals surface area (Å²) >= 11 is 0. The monoisotopic (exact) mass is 1410 g/mol. The molecule has 11 aromatic rings. The summed E-state index contributed by atoms with van der Waals surface area (Å²) in [4.78, 5) is 39.0. The number of aryl methyl sites for hydroxylation is 4. The third-order valence-electron chi connectivity index (χ3n) is 24.3. The lowest BCUT2D eigenvalue weighted by Crippen LogP contribution is -2.41. The first-order valence-electron chi connectivity index (χ1n) is 38.2. The van der Waals surface area contributed by atoms with Gasteiger partial charge in [-0.05, 0) is 294 Å². The average molecular weight is 1410 g/mol. The molecule has 11 heteroatoms. The molecule has 0 unspecified atom stereocenters. The first-order valence-corrected chi connectivity index (χ1v) is 38.2. The number of allylic oxidation sites excluding steroid dienone is 4. The van der Waals surface area contributed by atoms with Crippen LogP contribution in [0.4, 0.5) is 0 Å². The van der Waals surface area contributed by atoms with E-state index < -0.39 is 18.3 Å². The van der Waals surface area contributed by atoms with E-state index in [-0.39, 0.29) is 21.7 Å². The van der Waals surface area contributed by atoms with Crippen LogP contribution in [0.2, 0.25) is 0 Å². The molecule has 6 aromatic heterocycles. The van der Waals surface area contributed by atoms with Gasteiger partial charge in [-0.15, -0.1) is 0 Å². The number of benzene rings is 5. The molecule has 0 spiro atoms. The lowest BCUT2D eigenvalue weighted by atomic mass is 9.77. The van der Waals surface area contributed by atoms with Crippen LogP contribution >= 0.6 is 0 Å². The van der Waals surface area contributed by atoms with Crippen LogP contribution in [0.25, 0.3) is 157 Å². The Kier molecular flexibility index (Phi) is 16.4. The Morgan fingerprint density at radius 2 is 0.710 bits per heavy atom. The molecule has 16 rings (SSSR count). The molecule has 5 aromatic carbocycles. The molecule has 0 amide bonds. The predicted molar refractivity (Wildman–Crippen MR) is 456 cm³/mol. The van der Waals surface area contributed by atoms with Crippen molar-refractivity contribution in [2.75, 3.05) is 0 Å². The average Bonchev–Trinajstić information content (AvgIpc) is 1.53. The van der Waals surface area contributed by atoms with E-state index in [0.717, 1.165) is 183 Å². The summed E-state index contributed by atoms with van der Waals surface area (Å²) in [6, 6.07) is 48.3. The maximum atomic E-state index is 7.09. The molecule has 5 aliphatic rings. The zero-order chi connectivity index (χ0) is 76.0. The van der Waals surface area contributed by atoms with Gasteiger partial charge < -0.3 is 29.2 Å². The number of aromatic amines is 4. The van der Waals surface area contributed by atoms with Gasteiger partial charge in [0.15, 0.2) is 0 Å². The van der Waals surface area contributed by atoms with Gasteiger partial charge >= 0.3 is 7.12 Å². The van der Waals surface area contributed by atoms with E-state index in [2.05, 4.69) is 338 Å². The zero-order valence-corrected chi connectivity index (χ0v) is 67.1. The molecule has 5 aliphatic heterocycles. The lowest BCUT2D eigenvalue weighted by molar-refractivity contribution is 0.00578. The van der Waals surface area contributed by atoms with Crippen LogP contribution in [0.1, 0.15) is 229 Å². The van der Waals surface area contributed by atoms with Crippen LogP contribution in [-0.4, -0.2) is 58.2 Å². The Bertz CT molecular complexity index is 6060. The Labute approximate surface area is 631 Å². The normalized spacial score (nSPS) is 15.4. The zero-order valence-electron chi connectivity index (χ0n) is 67.1. The fourth-order valence-corrected chi connectivity index (χ4v) is 16.0. The summed E-state index contributed by atoms with van der Waals surface area (Å²) in [6.45, 7) is 53.9. The summed E-state index contributed by atoms with van der Waals surface area (Å²) in [6.07, 6.45) is 8.81. The number of hydrogen-bond acceptors (Lipinski definition) is 6. The van der Waals surface area contributed by atoms with Crippen molar-refractivity contribution in [2.24, 2.45) is 0 Å². The molecule has 0 atom stereocenters. The van der Waals surface area contributed by atoms with Crippen molar-refractivity contribution in [1.82, 2.24) is 39.9 Å². The van der Waals surface area contributed by atoms with E-state index in [1.165, 1.54) is 44.5 Å². The minimum atomic E-state index is -0.753. The smallest absolute Gasteiger partial charge is 0.399 e. The highest BCUT2D eigenvalue weighted by Crippen LogP contribution is 2.48. The number of hydrogen-bond donors (Lipinski definition) is 4. The molecule has 11 heterocycles. The molecule has 540 valence electrons. The van der Waals surface area contributed by atoms with Gasteiger partial charge in [0, 0.05) is 66.3 Å². The van der Waals surface area contributed by atoms with Crippen molar-refractivity contribution in [3.63, 3.8) is 0 Å². The van der Waals surface area contributed by atoms with Crippen LogP contribution in [0.3, 0.4) is 0 Å². The molecule has 0 saturated carbocycles. The summed E-state index contributed by atoms with van der Waals surface area (Å²) in [5, 5.41) is 4.42. The summed E-state index contributed by atoms with van der Waals surface area (Å²) in [7, 11) is -0.753. The lowest BCUT2D eigenvalue weighted by Gasteiger charge is -2.32. The Morgan fingerprint density at radius 1 is 0.336 bits per heavy atom. The van der Waals surface area contributed by atoms with E-state index in [1.54, 1.807) is 0 Å². The Balaban J connectivity index is 1.04. The van der Waals surface area contributed by atoms with E-state index in [0.29, 0.717) is 0 Å². The minimum absolute atomic E-state index is 0.165. The van der Waals surface area contributed by atoms with Crippen LogP contribution in [0.15, 0.2) is 127 Å². The van der Waals surface area contributed by atoms with Crippen LogP contribution < -0.4 is 5.46 Å². The molecule has 107 heavy (non-hydrogen) atoms. The third kappa shape index (κ3) is 12.0. The number of H-pyrrole nitrogens is 4. The van der Waals surface area contributed by atoms with Crippen molar-refractivity contribution >= 4 is 125 Å².